The van der Waals surface area contributed by atoms with Gasteiger partial charge in [0.2, 0.25) is 0 Å². The van der Waals surface area contributed by atoms with Gasteiger partial charge in [0, 0.05) is 12.1 Å². The van der Waals surface area contributed by atoms with E-state index in [0.29, 0.717) is 23.6 Å². The van der Waals surface area contributed by atoms with Crippen molar-refractivity contribution in [2.45, 2.75) is 39.7 Å². The molecule has 0 radical (unpaired) electrons. The number of likely N-dealkylation sites (tertiary alicyclic amines) is 1. The summed E-state index contributed by atoms with van der Waals surface area (Å²) in [5, 5.41) is 0. The van der Waals surface area contributed by atoms with Gasteiger partial charge >= 0.3 is 5.97 Å². The number of amides is 1. The van der Waals surface area contributed by atoms with E-state index in [-0.39, 0.29) is 18.6 Å². The maximum Gasteiger partial charge on any atom is 0.339 e. The van der Waals surface area contributed by atoms with E-state index in [4.69, 9.17) is 14.2 Å². The number of hydrogen-bond acceptors (Lipinski definition) is 5. The minimum atomic E-state index is -0.465. The van der Waals surface area contributed by atoms with Crippen LogP contribution in [0.1, 0.15) is 51.5 Å². The number of rotatable bonds is 6. The summed E-state index contributed by atoms with van der Waals surface area (Å²) in [6.07, 6.45) is 1.69. The molecule has 1 atom stereocenters. The van der Waals surface area contributed by atoms with Crippen molar-refractivity contribution in [3.63, 3.8) is 0 Å². The zero-order chi connectivity index (χ0) is 21.8. The highest BCUT2D eigenvalue weighted by Crippen LogP contribution is 2.39. The van der Waals surface area contributed by atoms with Crippen molar-refractivity contribution >= 4 is 11.9 Å². The van der Waals surface area contributed by atoms with Gasteiger partial charge in [0.25, 0.3) is 5.91 Å². The highest BCUT2D eigenvalue weighted by molar-refractivity contribution is 5.94. The van der Waals surface area contributed by atoms with E-state index in [1.807, 2.05) is 51.1 Å². The van der Waals surface area contributed by atoms with Crippen LogP contribution in [0.15, 0.2) is 30.3 Å². The fourth-order valence-corrected chi connectivity index (χ4v) is 4.27. The topological polar surface area (TPSA) is 65.1 Å². The van der Waals surface area contributed by atoms with Gasteiger partial charge in [-0.2, -0.15) is 0 Å². The highest BCUT2D eigenvalue weighted by atomic mass is 16.5. The first kappa shape index (κ1) is 21.7. The van der Waals surface area contributed by atoms with Crippen LogP contribution in [0, 0.1) is 20.8 Å². The lowest BCUT2D eigenvalue weighted by molar-refractivity contribution is -0.135. The molecule has 6 heteroatoms. The molecule has 0 unspecified atom stereocenters. The van der Waals surface area contributed by atoms with Crippen molar-refractivity contribution < 1.29 is 23.8 Å². The van der Waals surface area contributed by atoms with Crippen LogP contribution in [0.3, 0.4) is 0 Å². The predicted molar refractivity (Wildman–Crippen MR) is 114 cm³/mol. The monoisotopic (exact) mass is 411 g/mol. The van der Waals surface area contributed by atoms with Gasteiger partial charge in [-0.05, 0) is 62.9 Å². The first-order valence-electron chi connectivity index (χ1n) is 10.1. The molecule has 30 heavy (non-hydrogen) atoms. The molecule has 0 saturated carbocycles. The molecule has 1 amide bonds. The predicted octanol–water partition coefficient (Wildman–Crippen LogP) is 4.15. The number of carbonyl (C=O) groups is 2. The molecule has 0 N–H and O–H groups in total. The third-order valence-corrected chi connectivity index (χ3v) is 5.58. The standard InChI is InChI=1S/C24H29NO5/c1-15-11-16(2)23(17(3)12-15)24(27)30-14-22(26)25-10-6-7-20(25)19-13-18(28-4)8-9-21(19)29-5/h8-9,11-13,20H,6-7,10,14H2,1-5H3/t20-/m1/s1. The Bertz CT molecular complexity index is 930. The van der Waals surface area contributed by atoms with E-state index in [1.54, 1.807) is 19.1 Å². The van der Waals surface area contributed by atoms with E-state index < -0.39 is 5.97 Å². The highest BCUT2D eigenvalue weighted by Gasteiger charge is 2.32. The number of nitrogens with zero attached hydrogens (tertiary/aromatic N) is 1. The lowest BCUT2D eigenvalue weighted by Gasteiger charge is -2.26. The van der Waals surface area contributed by atoms with Crippen LogP contribution in [0.5, 0.6) is 11.5 Å². The van der Waals surface area contributed by atoms with Crippen LogP contribution in [-0.2, 0) is 9.53 Å². The van der Waals surface area contributed by atoms with E-state index in [0.717, 1.165) is 35.1 Å². The minimum absolute atomic E-state index is 0.135. The average Bonchev–Trinajstić information content (AvgIpc) is 3.20. The van der Waals surface area contributed by atoms with Gasteiger partial charge in [-0.25, -0.2) is 4.79 Å². The van der Waals surface area contributed by atoms with Gasteiger partial charge in [-0.15, -0.1) is 0 Å². The molecule has 0 aliphatic carbocycles. The lowest BCUT2D eigenvalue weighted by Crippen LogP contribution is -2.34. The Morgan fingerprint density at radius 1 is 1.03 bits per heavy atom. The average molecular weight is 411 g/mol. The number of aryl methyl sites for hydroxylation is 3. The number of carbonyl (C=O) groups excluding carboxylic acids is 2. The second-order valence-corrected chi connectivity index (χ2v) is 7.70. The lowest BCUT2D eigenvalue weighted by atomic mass is 10.00. The molecule has 1 saturated heterocycles. The van der Waals surface area contributed by atoms with Crippen molar-refractivity contribution in [3.05, 3.63) is 58.1 Å². The number of ether oxygens (including phenoxy) is 3. The van der Waals surface area contributed by atoms with E-state index in [9.17, 15) is 9.59 Å². The van der Waals surface area contributed by atoms with Gasteiger partial charge in [-0.1, -0.05) is 17.7 Å². The van der Waals surface area contributed by atoms with Crippen molar-refractivity contribution in [1.29, 1.82) is 0 Å². The first-order valence-corrected chi connectivity index (χ1v) is 10.1. The Morgan fingerprint density at radius 2 is 1.73 bits per heavy atom. The Balaban J connectivity index is 1.74. The Hall–Kier alpha value is -3.02. The van der Waals surface area contributed by atoms with E-state index in [1.165, 1.54) is 0 Å². The molecular weight excluding hydrogens is 382 g/mol. The molecule has 1 aliphatic heterocycles. The second-order valence-electron chi connectivity index (χ2n) is 7.70. The van der Waals surface area contributed by atoms with Gasteiger partial charge < -0.3 is 19.1 Å². The molecule has 3 rings (SSSR count). The van der Waals surface area contributed by atoms with Crippen LogP contribution >= 0.6 is 0 Å². The zero-order valence-electron chi connectivity index (χ0n) is 18.3. The summed E-state index contributed by atoms with van der Waals surface area (Å²) >= 11 is 0. The number of methoxy groups -OCH3 is 2. The number of benzene rings is 2. The maximum atomic E-state index is 12.9. The number of esters is 1. The Labute approximate surface area is 177 Å². The fraction of sp³-hybridized carbons (Fsp3) is 0.417. The normalized spacial score (nSPS) is 15.8. The van der Waals surface area contributed by atoms with E-state index >= 15 is 0 Å². The molecule has 1 heterocycles. The fourth-order valence-electron chi connectivity index (χ4n) is 4.27. The quantitative estimate of drug-likeness (QED) is 0.668. The van der Waals surface area contributed by atoms with Crippen molar-refractivity contribution in [2.24, 2.45) is 0 Å². The molecule has 160 valence electrons. The van der Waals surface area contributed by atoms with Gasteiger partial charge in [0.1, 0.15) is 11.5 Å². The third-order valence-electron chi connectivity index (χ3n) is 5.58. The van der Waals surface area contributed by atoms with Crippen LogP contribution in [0.2, 0.25) is 0 Å². The van der Waals surface area contributed by atoms with E-state index in [2.05, 4.69) is 0 Å². The summed E-state index contributed by atoms with van der Waals surface area (Å²) in [5.41, 5.74) is 4.22. The molecule has 2 aromatic carbocycles. The van der Waals surface area contributed by atoms with Gasteiger partial charge in [-0.3, -0.25) is 4.79 Å². The molecular formula is C24H29NO5. The van der Waals surface area contributed by atoms with Crippen LogP contribution in [0.25, 0.3) is 0 Å². The summed E-state index contributed by atoms with van der Waals surface area (Å²) in [4.78, 5) is 27.3. The van der Waals surface area contributed by atoms with Crippen LogP contribution in [-0.4, -0.2) is 44.1 Å². The van der Waals surface area contributed by atoms with Gasteiger partial charge in [0.05, 0.1) is 25.8 Å². The second kappa shape index (κ2) is 9.20. The first-order chi connectivity index (χ1) is 14.3. The molecule has 0 spiro atoms. The Kier molecular flexibility index (Phi) is 6.65. The van der Waals surface area contributed by atoms with Crippen LogP contribution in [0.4, 0.5) is 0 Å². The molecule has 0 aromatic heterocycles. The molecule has 6 nitrogen and oxygen atoms in total. The minimum Gasteiger partial charge on any atom is -0.497 e. The van der Waals surface area contributed by atoms with Crippen molar-refractivity contribution in [2.75, 3.05) is 27.4 Å². The molecule has 2 aromatic rings. The van der Waals surface area contributed by atoms with Gasteiger partial charge in [0.15, 0.2) is 6.61 Å². The van der Waals surface area contributed by atoms with Crippen molar-refractivity contribution in [3.8, 4) is 11.5 Å². The Morgan fingerprint density at radius 3 is 2.37 bits per heavy atom. The maximum absolute atomic E-state index is 12.9. The van der Waals surface area contributed by atoms with Crippen molar-refractivity contribution in [1.82, 2.24) is 4.90 Å². The SMILES string of the molecule is COc1ccc(OC)c([C@H]2CCCN2C(=O)COC(=O)c2c(C)cc(C)cc2C)c1. The largest absolute Gasteiger partial charge is 0.497 e. The smallest absolute Gasteiger partial charge is 0.339 e. The summed E-state index contributed by atoms with van der Waals surface area (Å²) in [7, 11) is 3.22. The molecule has 1 aliphatic rings. The molecule has 0 bridgehead atoms. The number of hydrogen-bond donors (Lipinski definition) is 0. The summed E-state index contributed by atoms with van der Waals surface area (Å²) < 4.78 is 16.2. The summed E-state index contributed by atoms with van der Waals surface area (Å²) in [5.74, 6) is 0.747. The van der Waals surface area contributed by atoms with Crippen LogP contribution < -0.4 is 9.47 Å². The molecule has 1 fully saturated rings. The summed E-state index contributed by atoms with van der Waals surface area (Å²) in [6.45, 7) is 6.07. The summed E-state index contributed by atoms with van der Waals surface area (Å²) in [6, 6.07) is 9.33. The third kappa shape index (κ3) is 4.42. The zero-order valence-corrected chi connectivity index (χ0v) is 18.3.